The van der Waals surface area contributed by atoms with Crippen LogP contribution in [0.15, 0.2) is 48.6 Å². The summed E-state index contributed by atoms with van der Waals surface area (Å²) in [6.07, 6.45) is 9.12. The molecule has 0 aromatic heterocycles. The average Bonchev–Trinajstić information content (AvgIpc) is 2.21. The molecule has 0 heterocycles. The Balaban J connectivity index is 0.000000845. The molecule has 0 heteroatoms. The third-order valence-corrected chi connectivity index (χ3v) is 2.10. The van der Waals surface area contributed by atoms with Crippen LogP contribution in [-0.2, 0) is 0 Å². The Morgan fingerprint density at radius 2 is 1.57 bits per heavy atom. The van der Waals surface area contributed by atoms with E-state index in [9.17, 15) is 0 Å². The zero-order valence-electron chi connectivity index (χ0n) is 7.03. The number of benzene rings is 1. The first kappa shape index (κ1) is 12.7. The van der Waals surface area contributed by atoms with Crippen LogP contribution in [0.2, 0.25) is 0 Å². The second kappa shape index (κ2) is 6.20. The van der Waals surface area contributed by atoms with Gasteiger partial charge in [-0.15, -0.1) is 0 Å². The maximum absolute atomic E-state index is 2.30. The number of rotatable bonds is 1. The Bertz CT molecular complexity index is 304. The van der Waals surface area contributed by atoms with Crippen LogP contribution >= 0.6 is 0 Å². The molecular formula is C14H20. The van der Waals surface area contributed by atoms with Crippen molar-refractivity contribution in [2.75, 3.05) is 0 Å². The Kier molecular flexibility index (Phi) is 5.62. The molecule has 1 aliphatic rings. The molecule has 0 fully saturated rings. The van der Waals surface area contributed by atoms with Crippen molar-refractivity contribution in [1.82, 2.24) is 0 Å². The first-order valence-corrected chi connectivity index (χ1v) is 4.39. The smallest absolute Gasteiger partial charge is 0.0187 e. The quantitative estimate of drug-likeness (QED) is 0.599. The lowest BCUT2D eigenvalue weighted by molar-refractivity contribution is 1.04. The largest absolute Gasteiger partial charge is 0.0836 e. The van der Waals surface area contributed by atoms with E-state index >= 15 is 0 Å². The van der Waals surface area contributed by atoms with Gasteiger partial charge in [0.15, 0.2) is 0 Å². The summed E-state index contributed by atoms with van der Waals surface area (Å²) in [6.45, 7) is 0. The van der Waals surface area contributed by atoms with Crippen molar-refractivity contribution in [3.05, 3.63) is 54.1 Å². The summed E-state index contributed by atoms with van der Waals surface area (Å²) in [7, 11) is 0. The Morgan fingerprint density at radius 1 is 0.857 bits per heavy atom. The first-order chi connectivity index (χ1) is 5.97. The first-order valence-electron chi connectivity index (χ1n) is 4.39. The average molecular weight is 188 g/mol. The predicted molar refractivity (Wildman–Crippen MR) is 66.3 cm³/mol. The fourth-order valence-corrected chi connectivity index (χ4v) is 1.46. The second-order valence-corrected chi connectivity index (χ2v) is 3.01. The van der Waals surface area contributed by atoms with Gasteiger partial charge in [-0.25, -0.2) is 0 Å². The van der Waals surface area contributed by atoms with Gasteiger partial charge in [-0.2, -0.15) is 0 Å². The summed E-state index contributed by atoms with van der Waals surface area (Å²) in [4.78, 5) is 0. The van der Waals surface area contributed by atoms with Gasteiger partial charge in [0, 0.05) is 0 Å². The van der Waals surface area contributed by atoms with Crippen LogP contribution in [0.3, 0.4) is 0 Å². The van der Waals surface area contributed by atoms with Gasteiger partial charge < -0.3 is 0 Å². The molecule has 0 N–H and O–H groups in total. The standard InChI is InChI=1S/C12H12.2CH4/c1-3-7-11(8-4-1)12-9-5-2-6-10-12;;/h1,3-5,7-10H,2,6H2;2*1H4. The molecule has 0 saturated carbocycles. The second-order valence-electron chi connectivity index (χ2n) is 3.01. The van der Waals surface area contributed by atoms with Gasteiger partial charge in [-0.1, -0.05) is 63.4 Å². The number of allylic oxidation sites excluding steroid dienone is 4. The lowest BCUT2D eigenvalue weighted by atomic mass is 10.00. The zero-order valence-corrected chi connectivity index (χ0v) is 7.03. The third-order valence-electron chi connectivity index (χ3n) is 2.10. The molecule has 76 valence electrons. The minimum absolute atomic E-state index is 0. The molecule has 14 heavy (non-hydrogen) atoms. The van der Waals surface area contributed by atoms with E-state index in [0.29, 0.717) is 0 Å². The highest BCUT2D eigenvalue weighted by molar-refractivity contribution is 5.74. The summed E-state index contributed by atoms with van der Waals surface area (Å²) < 4.78 is 0. The molecule has 0 amide bonds. The van der Waals surface area contributed by atoms with Gasteiger partial charge in [-0.3, -0.25) is 0 Å². The highest BCUT2D eigenvalue weighted by Crippen LogP contribution is 2.20. The fourth-order valence-electron chi connectivity index (χ4n) is 1.46. The van der Waals surface area contributed by atoms with E-state index in [-0.39, 0.29) is 14.9 Å². The SMILES string of the molecule is C.C.C1=CC(c2ccccc2)=CCC1. The Hall–Kier alpha value is -1.30. The van der Waals surface area contributed by atoms with Crippen LogP contribution in [0.4, 0.5) is 0 Å². The molecule has 1 aromatic rings. The van der Waals surface area contributed by atoms with Crippen LogP contribution in [-0.4, -0.2) is 0 Å². The molecule has 2 rings (SSSR count). The van der Waals surface area contributed by atoms with E-state index in [2.05, 4.69) is 48.6 Å². The Morgan fingerprint density at radius 3 is 2.14 bits per heavy atom. The van der Waals surface area contributed by atoms with Gasteiger partial charge in [0.05, 0.1) is 0 Å². The monoisotopic (exact) mass is 188 g/mol. The van der Waals surface area contributed by atoms with Crippen LogP contribution in [0, 0.1) is 0 Å². The van der Waals surface area contributed by atoms with E-state index in [0.717, 1.165) is 0 Å². The maximum Gasteiger partial charge on any atom is -0.0187 e. The van der Waals surface area contributed by atoms with Crippen LogP contribution in [0.5, 0.6) is 0 Å². The number of hydrogen-bond donors (Lipinski definition) is 0. The van der Waals surface area contributed by atoms with Crippen molar-refractivity contribution in [1.29, 1.82) is 0 Å². The van der Waals surface area contributed by atoms with Crippen molar-refractivity contribution >= 4 is 5.57 Å². The van der Waals surface area contributed by atoms with E-state index in [4.69, 9.17) is 0 Å². The van der Waals surface area contributed by atoms with E-state index in [1.54, 1.807) is 0 Å². The Labute approximate surface area is 88.0 Å². The minimum atomic E-state index is 0. The molecule has 1 aromatic carbocycles. The highest BCUT2D eigenvalue weighted by Gasteiger charge is 1.98. The van der Waals surface area contributed by atoms with Gasteiger partial charge in [-0.05, 0) is 24.0 Å². The highest BCUT2D eigenvalue weighted by atomic mass is 14.0. The van der Waals surface area contributed by atoms with Crippen molar-refractivity contribution in [2.45, 2.75) is 27.7 Å². The third kappa shape index (κ3) is 2.88. The molecule has 0 saturated heterocycles. The van der Waals surface area contributed by atoms with Gasteiger partial charge >= 0.3 is 0 Å². The normalized spacial score (nSPS) is 13.6. The predicted octanol–water partition coefficient (Wildman–Crippen LogP) is 4.69. The minimum Gasteiger partial charge on any atom is -0.0836 e. The van der Waals surface area contributed by atoms with Crippen molar-refractivity contribution in [3.63, 3.8) is 0 Å². The van der Waals surface area contributed by atoms with E-state index < -0.39 is 0 Å². The summed E-state index contributed by atoms with van der Waals surface area (Å²) in [6, 6.07) is 10.5. The van der Waals surface area contributed by atoms with Gasteiger partial charge in [0.2, 0.25) is 0 Å². The van der Waals surface area contributed by atoms with Gasteiger partial charge in [0.25, 0.3) is 0 Å². The summed E-state index contributed by atoms with van der Waals surface area (Å²) in [5.74, 6) is 0. The molecule has 0 aliphatic heterocycles. The van der Waals surface area contributed by atoms with Crippen LogP contribution < -0.4 is 0 Å². The molecule has 0 atom stereocenters. The van der Waals surface area contributed by atoms with Crippen molar-refractivity contribution in [3.8, 4) is 0 Å². The zero-order chi connectivity index (χ0) is 8.23. The molecular weight excluding hydrogens is 168 g/mol. The van der Waals surface area contributed by atoms with Gasteiger partial charge in [0.1, 0.15) is 0 Å². The van der Waals surface area contributed by atoms with Crippen molar-refractivity contribution in [2.24, 2.45) is 0 Å². The molecule has 0 nitrogen and oxygen atoms in total. The fraction of sp³-hybridized carbons (Fsp3) is 0.286. The lowest BCUT2D eigenvalue weighted by Gasteiger charge is -2.05. The summed E-state index contributed by atoms with van der Waals surface area (Å²) in [5, 5.41) is 0. The summed E-state index contributed by atoms with van der Waals surface area (Å²) in [5.41, 5.74) is 2.69. The van der Waals surface area contributed by atoms with Crippen LogP contribution in [0.25, 0.3) is 5.57 Å². The molecule has 0 radical (unpaired) electrons. The molecule has 0 unspecified atom stereocenters. The molecule has 0 bridgehead atoms. The van der Waals surface area contributed by atoms with E-state index in [1.807, 2.05) is 0 Å². The topological polar surface area (TPSA) is 0 Å². The summed E-state index contributed by atoms with van der Waals surface area (Å²) >= 11 is 0. The number of hydrogen-bond acceptors (Lipinski definition) is 0. The molecule has 1 aliphatic carbocycles. The molecule has 0 spiro atoms. The lowest BCUT2D eigenvalue weighted by Crippen LogP contribution is -1.84. The maximum atomic E-state index is 2.30. The van der Waals surface area contributed by atoms with E-state index in [1.165, 1.54) is 24.0 Å². The van der Waals surface area contributed by atoms with Crippen molar-refractivity contribution < 1.29 is 0 Å². The van der Waals surface area contributed by atoms with Crippen LogP contribution in [0.1, 0.15) is 33.3 Å².